The van der Waals surface area contributed by atoms with Gasteiger partial charge in [0.15, 0.2) is 0 Å². The summed E-state index contributed by atoms with van der Waals surface area (Å²) in [7, 11) is 0. The van der Waals surface area contributed by atoms with Crippen molar-refractivity contribution in [2.75, 3.05) is 0 Å². The first-order valence-corrected chi connectivity index (χ1v) is 6.70. The Bertz CT molecular complexity index is 733. The molecular weight excluding hydrogens is 244 g/mol. The first kappa shape index (κ1) is 12.5. The zero-order chi connectivity index (χ0) is 13.9. The third kappa shape index (κ3) is 2.45. The van der Waals surface area contributed by atoms with Crippen LogP contribution in [0.25, 0.3) is 22.4 Å². The van der Waals surface area contributed by atoms with Crippen LogP contribution >= 0.6 is 0 Å². The number of nitrogens with zero attached hydrogens (tertiary/aromatic N) is 2. The molecule has 1 aromatic carbocycles. The maximum atomic E-state index is 4.54. The van der Waals surface area contributed by atoms with Crippen molar-refractivity contribution < 1.29 is 0 Å². The molecular formula is C18H16N2. The van der Waals surface area contributed by atoms with E-state index < -0.39 is 0 Å². The summed E-state index contributed by atoms with van der Waals surface area (Å²) < 4.78 is 0. The van der Waals surface area contributed by atoms with Crippen molar-refractivity contribution in [1.29, 1.82) is 0 Å². The molecule has 0 amide bonds. The van der Waals surface area contributed by atoms with E-state index in [9.17, 15) is 0 Å². The molecule has 0 unspecified atom stereocenters. The molecule has 20 heavy (non-hydrogen) atoms. The summed E-state index contributed by atoms with van der Waals surface area (Å²) in [5.74, 6) is 0. The average Bonchev–Trinajstić information content (AvgIpc) is 2.48. The van der Waals surface area contributed by atoms with E-state index in [0.29, 0.717) is 0 Å². The lowest BCUT2D eigenvalue weighted by molar-refractivity contribution is 1.13. The molecule has 0 radical (unpaired) electrons. The zero-order valence-corrected chi connectivity index (χ0v) is 11.7. The van der Waals surface area contributed by atoms with Crippen molar-refractivity contribution in [3.8, 4) is 22.4 Å². The highest BCUT2D eigenvalue weighted by molar-refractivity contribution is 5.72. The van der Waals surface area contributed by atoms with E-state index in [1.54, 1.807) is 0 Å². The second-order valence-corrected chi connectivity index (χ2v) is 4.88. The van der Waals surface area contributed by atoms with Crippen LogP contribution in [0.4, 0.5) is 0 Å². The van der Waals surface area contributed by atoms with E-state index in [-0.39, 0.29) is 0 Å². The lowest BCUT2D eigenvalue weighted by Gasteiger charge is -2.08. The molecule has 0 spiro atoms. The molecule has 0 fully saturated rings. The molecule has 0 bridgehead atoms. The van der Waals surface area contributed by atoms with Gasteiger partial charge in [-0.2, -0.15) is 0 Å². The normalized spacial score (nSPS) is 10.5. The highest BCUT2D eigenvalue weighted by Crippen LogP contribution is 2.26. The molecule has 2 aromatic heterocycles. The van der Waals surface area contributed by atoms with Crippen LogP contribution in [0.15, 0.2) is 60.8 Å². The van der Waals surface area contributed by atoms with Gasteiger partial charge in [-0.05, 0) is 43.7 Å². The topological polar surface area (TPSA) is 25.8 Å². The number of aromatic nitrogens is 2. The molecule has 0 atom stereocenters. The summed E-state index contributed by atoms with van der Waals surface area (Å²) in [6.45, 7) is 4.07. The molecule has 2 nitrogen and oxygen atoms in total. The minimum absolute atomic E-state index is 0.993. The Labute approximate surface area is 119 Å². The van der Waals surface area contributed by atoms with Gasteiger partial charge in [-0.25, -0.2) is 0 Å². The van der Waals surface area contributed by atoms with Crippen LogP contribution in [0.5, 0.6) is 0 Å². The number of hydrogen-bond acceptors (Lipinski definition) is 2. The fourth-order valence-corrected chi connectivity index (χ4v) is 2.37. The van der Waals surface area contributed by atoms with Crippen molar-refractivity contribution in [2.45, 2.75) is 13.8 Å². The summed E-state index contributed by atoms with van der Waals surface area (Å²) >= 11 is 0. The minimum Gasteiger partial charge on any atom is -0.258 e. The Kier molecular flexibility index (Phi) is 3.30. The molecule has 2 heteroatoms. The molecule has 0 aliphatic carbocycles. The summed E-state index contributed by atoms with van der Waals surface area (Å²) in [4.78, 5) is 8.94. The number of rotatable bonds is 2. The van der Waals surface area contributed by atoms with Crippen LogP contribution in [0.1, 0.15) is 11.4 Å². The minimum atomic E-state index is 0.993. The quantitative estimate of drug-likeness (QED) is 0.681. The van der Waals surface area contributed by atoms with Crippen LogP contribution < -0.4 is 0 Å². The van der Waals surface area contributed by atoms with Crippen molar-refractivity contribution in [3.63, 3.8) is 0 Å². The molecule has 3 rings (SSSR count). The smallest absolute Gasteiger partial charge is 0.0702 e. The molecule has 0 saturated heterocycles. The summed E-state index contributed by atoms with van der Waals surface area (Å²) in [6.07, 6.45) is 1.82. The highest BCUT2D eigenvalue weighted by Gasteiger charge is 2.05. The zero-order valence-electron chi connectivity index (χ0n) is 11.7. The molecule has 0 saturated carbocycles. The van der Waals surface area contributed by atoms with Crippen LogP contribution in [0.3, 0.4) is 0 Å². The average molecular weight is 260 g/mol. The van der Waals surface area contributed by atoms with Gasteiger partial charge in [-0.15, -0.1) is 0 Å². The van der Waals surface area contributed by atoms with Gasteiger partial charge in [-0.1, -0.05) is 30.3 Å². The van der Waals surface area contributed by atoms with E-state index in [0.717, 1.165) is 22.6 Å². The van der Waals surface area contributed by atoms with E-state index in [4.69, 9.17) is 0 Å². The van der Waals surface area contributed by atoms with Gasteiger partial charge in [-0.3, -0.25) is 9.97 Å². The van der Waals surface area contributed by atoms with E-state index in [1.165, 1.54) is 11.1 Å². The largest absolute Gasteiger partial charge is 0.258 e. The van der Waals surface area contributed by atoms with Crippen LogP contribution in [-0.4, -0.2) is 9.97 Å². The Morgan fingerprint density at radius 3 is 2.40 bits per heavy atom. The number of benzene rings is 1. The van der Waals surface area contributed by atoms with Crippen LogP contribution in [-0.2, 0) is 0 Å². The fraction of sp³-hybridized carbons (Fsp3) is 0.111. The van der Waals surface area contributed by atoms with Gasteiger partial charge in [0.05, 0.1) is 5.69 Å². The Balaban J connectivity index is 2.08. The predicted octanol–water partition coefficient (Wildman–Crippen LogP) is 4.43. The molecule has 98 valence electrons. The summed E-state index contributed by atoms with van der Waals surface area (Å²) in [5.41, 5.74) is 6.58. The lowest BCUT2D eigenvalue weighted by atomic mass is 10.0. The lowest BCUT2D eigenvalue weighted by Crippen LogP contribution is -1.91. The molecule has 0 aliphatic heterocycles. The third-order valence-corrected chi connectivity index (χ3v) is 3.36. The van der Waals surface area contributed by atoms with Crippen molar-refractivity contribution in [2.24, 2.45) is 0 Å². The first-order chi connectivity index (χ1) is 9.74. The highest BCUT2D eigenvalue weighted by atomic mass is 14.7. The van der Waals surface area contributed by atoms with Gasteiger partial charge in [0, 0.05) is 28.7 Å². The molecule has 0 N–H and O–H groups in total. The molecule has 0 aliphatic rings. The number of hydrogen-bond donors (Lipinski definition) is 0. The second-order valence-electron chi connectivity index (χ2n) is 4.88. The van der Waals surface area contributed by atoms with E-state index in [1.807, 2.05) is 31.3 Å². The van der Waals surface area contributed by atoms with Crippen molar-refractivity contribution >= 4 is 0 Å². The van der Waals surface area contributed by atoms with Crippen LogP contribution in [0, 0.1) is 13.8 Å². The maximum absolute atomic E-state index is 4.54. The van der Waals surface area contributed by atoms with Crippen LogP contribution in [0.2, 0.25) is 0 Å². The SMILES string of the molecule is Cc1ccc(-c2cccc(-c3ccccn3)c2)c(C)n1. The molecule has 2 heterocycles. The van der Waals surface area contributed by atoms with E-state index in [2.05, 4.69) is 53.3 Å². The van der Waals surface area contributed by atoms with Gasteiger partial charge < -0.3 is 0 Å². The van der Waals surface area contributed by atoms with Crippen molar-refractivity contribution in [1.82, 2.24) is 9.97 Å². The second kappa shape index (κ2) is 5.25. The predicted molar refractivity (Wildman–Crippen MR) is 82.4 cm³/mol. The third-order valence-electron chi connectivity index (χ3n) is 3.36. The summed E-state index contributed by atoms with van der Waals surface area (Å²) in [6, 6.07) is 18.6. The Hall–Kier alpha value is -2.48. The van der Waals surface area contributed by atoms with Gasteiger partial charge in [0.1, 0.15) is 0 Å². The Morgan fingerprint density at radius 2 is 1.65 bits per heavy atom. The molecule has 3 aromatic rings. The van der Waals surface area contributed by atoms with Gasteiger partial charge in [0.2, 0.25) is 0 Å². The van der Waals surface area contributed by atoms with Gasteiger partial charge >= 0.3 is 0 Å². The maximum Gasteiger partial charge on any atom is 0.0702 e. The number of pyridine rings is 2. The Morgan fingerprint density at radius 1 is 0.800 bits per heavy atom. The first-order valence-electron chi connectivity index (χ1n) is 6.70. The number of aryl methyl sites for hydroxylation is 2. The summed E-state index contributed by atoms with van der Waals surface area (Å²) in [5, 5.41) is 0. The fourth-order valence-electron chi connectivity index (χ4n) is 2.37. The standard InChI is InChI=1S/C18H16N2/c1-13-9-10-17(14(2)20-13)15-6-5-7-16(12-15)18-8-3-4-11-19-18/h3-12H,1-2H3. The van der Waals surface area contributed by atoms with Crippen molar-refractivity contribution in [3.05, 3.63) is 72.2 Å². The van der Waals surface area contributed by atoms with E-state index >= 15 is 0 Å². The van der Waals surface area contributed by atoms with Gasteiger partial charge in [0.25, 0.3) is 0 Å². The monoisotopic (exact) mass is 260 g/mol.